The topological polar surface area (TPSA) is 62.8 Å². The number of hydrogen-bond donors (Lipinski definition) is 2. The van der Waals surface area contributed by atoms with Crippen molar-refractivity contribution in [2.45, 2.75) is 32.0 Å². The first-order chi connectivity index (χ1) is 9.63. The predicted octanol–water partition coefficient (Wildman–Crippen LogP) is 0.629. The molecular weight excluding hydrogens is 258 g/mol. The van der Waals surface area contributed by atoms with Crippen molar-refractivity contribution in [1.82, 2.24) is 15.8 Å². The number of ether oxygens (including phenoxy) is 2. The molecule has 2 N–H and O–H groups in total. The third-order valence-electron chi connectivity index (χ3n) is 3.62. The number of amides is 1. The molecule has 1 aromatic rings. The van der Waals surface area contributed by atoms with Gasteiger partial charge >= 0.3 is 0 Å². The van der Waals surface area contributed by atoms with E-state index in [4.69, 9.17) is 9.47 Å². The van der Waals surface area contributed by atoms with Crippen LogP contribution in [0, 0.1) is 0 Å². The molecule has 6 heteroatoms. The molecule has 1 saturated heterocycles. The molecular formula is C14H19N3O3. The van der Waals surface area contributed by atoms with E-state index >= 15 is 0 Å². The monoisotopic (exact) mass is 277 g/mol. The van der Waals surface area contributed by atoms with E-state index < -0.39 is 0 Å². The van der Waals surface area contributed by atoms with Gasteiger partial charge in [-0.1, -0.05) is 6.07 Å². The maximum absolute atomic E-state index is 12.3. The number of carbonyl (C=O) groups is 1. The van der Waals surface area contributed by atoms with Crippen molar-refractivity contribution in [2.75, 3.05) is 13.8 Å². The highest BCUT2D eigenvalue weighted by Gasteiger charge is 2.29. The van der Waals surface area contributed by atoms with Crippen LogP contribution >= 0.6 is 0 Å². The van der Waals surface area contributed by atoms with Crippen molar-refractivity contribution in [3.05, 3.63) is 23.8 Å². The van der Waals surface area contributed by atoms with E-state index in [-0.39, 0.29) is 18.7 Å². The Hall–Kier alpha value is -1.79. The third kappa shape index (κ3) is 2.57. The summed E-state index contributed by atoms with van der Waals surface area (Å²) in [5, 5.41) is 0. The van der Waals surface area contributed by atoms with Gasteiger partial charge in [0.2, 0.25) is 12.7 Å². The molecule has 20 heavy (non-hydrogen) atoms. The van der Waals surface area contributed by atoms with Crippen LogP contribution in [0.5, 0.6) is 11.5 Å². The fourth-order valence-corrected chi connectivity index (χ4v) is 2.53. The van der Waals surface area contributed by atoms with Crippen molar-refractivity contribution in [1.29, 1.82) is 0 Å². The molecule has 0 spiro atoms. The molecule has 1 amide bonds. The highest BCUT2D eigenvalue weighted by atomic mass is 16.7. The second-order valence-electron chi connectivity index (χ2n) is 5.36. The lowest BCUT2D eigenvalue weighted by Gasteiger charge is -2.21. The van der Waals surface area contributed by atoms with Crippen molar-refractivity contribution >= 4 is 5.91 Å². The zero-order chi connectivity index (χ0) is 14.1. The minimum atomic E-state index is -0.149. The van der Waals surface area contributed by atoms with Crippen molar-refractivity contribution in [3.63, 3.8) is 0 Å². The fourth-order valence-electron chi connectivity index (χ4n) is 2.53. The van der Waals surface area contributed by atoms with E-state index in [9.17, 15) is 4.79 Å². The van der Waals surface area contributed by atoms with Crippen LogP contribution in [-0.2, 0) is 11.3 Å². The van der Waals surface area contributed by atoms with Crippen LogP contribution in [0.25, 0.3) is 0 Å². The lowest BCUT2D eigenvalue weighted by Crippen LogP contribution is -2.43. The summed E-state index contributed by atoms with van der Waals surface area (Å²) in [5.74, 6) is 1.61. The highest BCUT2D eigenvalue weighted by Crippen LogP contribution is 2.32. The van der Waals surface area contributed by atoms with E-state index in [1.165, 1.54) is 0 Å². The second kappa shape index (κ2) is 5.30. The van der Waals surface area contributed by atoms with Gasteiger partial charge in [0, 0.05) is 19.6 Å². The van der Waals surface area contributed by atoms with E-state index in [1.807, 2.05) is 25.2 Å². The maximum Gasteiger partial charge on any atom is 0.241 e. The molecule has 2 unspecified atom stereocenters. The molecule has 3 rings (SSSR count). The molecule has 6 nitrogen and oxygen atoms in total. The van der Waals surface area contributed by atoms with Crippen LogP contribution in [0.15, 0.2) is 18.2 Å². The first-order valence-corrected chi connectivity index (χ1v) is 6.78. The van der Waals surface area contributed by atoms with E-state index in [1.54, 1.807) is 4.90 Å². The van der Waals surface area contributed by atoms with Gasteiger partial charge in [-0.2, -0.15) is 0 Å². The van der Waals surface area contributed by atoms with Gasteiger partial charge in [-0.15, -0.1) is 0 Å². The van der Waals surface area contributed by atoms with Gasteiger partial charge in [-0.05, 0) is 31.0 Å². The molecule has 2 atom stereocenters. The zero-order valence-electron chi connectivity index (χ0n) is 11.7. The Morgan fingerprint density at radius 1 is 1.35 bits per heavy atom. The number of benzene rings is 1. The number of rotatable bonds is 3. The summed E-state index contributed by atoms with van der Waals surface area (Å²) in [7, 11) is 1.82. The lowest BCUT2D eigenvalue weighted by molar-refractivity contribution is -0.132. The van der Waals surface area contributed by atoms with Gasteiger partial charge in [0.25, 0.3) is 0 Å². The van der Waals surface area contributed by atoms with Crippen LogP contribution in [-0.4, -0.2) is 36.7 Å². The number of hydrazine groups is 1. The lowest BCUT2D eigenvalue weighted by atomic mass is 10.1. The average molecular weight is 277 g/mol. The molecule has 2 aliphatic rings. The smallest absolute Gasteiger partial charge is 0.241 e. The van der Waals surface area contributed by atoms with Gasteiger partial charge in [0.05, 0.1) is 0 Å². The van der Waals surface area contributed by atoms with Crippen LogP contribution < -0.4 is 20.3 Å². The van der Waals surface area contributed by atoms with Crippen molar-refractivity contribution in [3.8, 4) is 11.5 Å². The molecule has 0 aliphatic carbocycles. The summed E-state index contributed by atoms with van der Waals surface area (Å²) in [4.78, 5) is 14.0. The first-order valence-electron chi connectivity index (χ1n) is 6.78. The van der Waals surface area contributed by atoms with Crippen LogP contribution in [0.2, 0.25) is 0 Å². The number of hydrogen-bond acceptors (Lipinski definition) is 5. The van der Waals surface area contributed by atoms with E-state index in [0.29, 0.717) is 12.6 Å². The molecule has 0 radical (unpaired) electrons. The molecule has 1 aromatic carbocycles. The van der Waals surface area contributed by atoms with E-state index in [2.05, 4.69) is 17.8 Å². The molecule has 1 fully saturated rings. The number of nitrogens with zero attached hydrogens (tertiary/aromatic N) is 1. The minimum Gasteiger partial charge on any atom is -0.454 e. The molecule has 0 aromatic heterocycles. The van der Waals surface area contributed by atoms with Crippen molar-refractivity contribution < 1.29 is 14.3 Å². The molecule has 2 heterocycles. The quantitative estimate of drug-likeness (QED) is 0.848. The standard InChI is InChI=1S/C14H19N3O3/c1-9-5-11(16-15-9)14(18)17(2)7-10-3-4-12-13(6-10)20-8-19-12/h3-4,6,9,11,15-16H,5,7-8H2,1-2H3. The van der Waals surface area contributed by atoms with Crippen LogP contribution in [0.1, 0.15) is 18.9 Å². The van der Waals surface area contributed by atoms with Crippen LogP contribution in [0.3, 0.4) is 0 Å². The Bertz CT molecular complexity index is 520. The van der Waals surface area contributed by atoms with Gasteiger partial charge in [-0.25, -0.2) is 5.43 Å². The Morgan fingerprint density at radius 3 is 2.90 bits per heavy atom. The van der Waals surface area contributed by atoms with Gasteiger partial charge in [-0.3, -0.25) is 10.2 Å². The van der Waals surface area contributed by atoms with Gasteiger partial charge in [0.15, 0.2) is 11.5 Å². The summed E-state index contributed by atoms with van der Waals surface area (Å²) >= 11 is 0. The summed E-state index contributed by atoms with van der Waals surface area (Å²) in [6.07, 6.45) is 0.810. The van der Waals surface area contributed by atoms with Crippen LogP contribution in [0.4, 0.5) is 0 Å². The Kier molecular flexibility index (Phi) is 3.50. The zero-order valence-corrected chi connectivity index (χ0v) is 11.7. The molecule has 108 valence electrons. The van der Waals surface area contributed by atoms with Crippen molar-refractivity contribution in [2.24, 2.45) is 0 Å². The normalized spacial score (nSPS) is 23.9. The van der Waals surface area contributed by atoms with E-state index in [0.717, 1.165) is 23.5 Å². The van der Waals surface area contributed by atoms with Gasteiger partial charge in [0.1, 0.15) is 6.04 Å². The largest absolute Gasteiger partial charge is 0.454 e. The Balaban J connectivity index is 1.63. The Labute approximate surface area is 118 Å². The number of nitrogens with one attached hydrogen (secondary N) is 2. The second-order valence-corrected chi connectivity index (χ2v) is 5.36. The highest BCUT2D eigenvalue weighted by molar-refractivity contribution is 5.82. The SMILES string of the molecule is CC1CC(C(=O)N(C)Cc2ccc3c(c2)OCO3)NN1. The Morgan fingerprint density at radius 2 is 2.15 bits per heavy atom. The maximum atomic E-state index is 12.3. The summed E-state index contributed by atoms with van der Waals surface area (Å²) in [6.45, 7) is 2.88. The minimum absolute atomic E-state index is 0.0968. The molecule has 0 bridgehead atoms. The number of likely N-dealkylation sites (N-methyl/N-ethyl adjacent to an activating group) is 1. The predicted molar refractivity (Wildman–Crippen MR) is 73.2 cm³/mol. The number of fused-ring (bicyclic) bond motifs is 1. The molecule has 0 saturated carbocycles. The summed E-state index contributed by atoms with van der Waals surface area (Å²) < 4.78 is 10.6. The van der Waals surface area contributed by atoms with Gasteiger partial charge < -0.3 is 14.4 Å². The number of carbonyl (C=O) groups excluding carboxylic acids is 1. The molecule has 2 aliphatic heterocycles. The summed E-state index contributed by atoms with van der Waals surface area (Å²) in [5.41, 5.74) is 7.13. The summed E-state index contributed by atoms with van der Waals surface area (Å²) in [6, 6.07) is 5.94. The average Bonchev–Trinajstić information content (AvgIpc) is 3.05. The first kappa shape index (κ1) is 13.2. The third-order valence-corrected chi connectivity index (χ3v) is 3.62. The fraction of sp³-hybridized carbons (Fsp3) is 0.500.